The molecule has 7 heteroatoms. The molecule has 2 N–H and O–H groups in total. The summed E-state index contributed by atoms with van der Waals surface area (Å²) in [5.41, 5.74) is 5.85. The van der Waals surface area contributed by atoms with Gasteiger partial charge in [0.05, 0.1) is 23.4 Å². The molecule has 2 heterocycles. The lowest BCUT2D eigenvalue weighted by molar-refractivity contribution is 0.100. The minimum atomic E-state index is -0.518. The van der Waals surface area contributed by atoms with E-state index in [-0.39, 0.29) is 5.56 Å². The van der Waals surface area contributed by atoms with Gasteiger partial charge in [-0.1, -0.05) is 6.92 Å². The van der Waals surface area contributed by atoms with Crippen molar-refractivity contribution < 1.29 is 9.53 Å². The number of thiophene rings is 1. The summed E-state index contributed by atoms with van der Waals surface area (Å²) in [6.07, 6.45) is 1.59. The van der Waals surface area contributed by atoms with Crippen molar-refractivity contribution in [2.24, 2.45) is 5.73 Å². The van der Waals surface area contributed by atoms with E-state index in [0.29, 0.717) is 40.2 Å². The fourth-order valence-electron chi connectivity index (χ4n) is 2.32. The number of carbonyl (C=O) groups excluding carboxylic acids is 1. The number of ether oxygens (including phenoxy) is 1. The van der Waals surface area contributed by atoms with Gasteiger partial charge >= 0.3 is 0 Å². The van der Waals surface area contributed by atoms with Crippen LogP contribution in [0, 0.1) is 6.92 Å². The van der Waals surface area contributed by atoms with Crippen LogP contribution in [0.5, 0.6) is 0 Å². The topological polar surface area (TPSA) is 87.2 Å². The fraction of sp³-hybridized carbons (Fsp3) is 0.500. The largest absolute Gasteiger partial charge is 0.383 e. The number of methoxy groups -OCH3 is 1. The van der Waals surface area contributed by atoms with Crippen LogP contribution in [0.25, 0.3) is 10.2 Å². The number of hydrogen-bond acceptors (Lipinski definition) is 5. The summed E-state index contributed by atoms with van der Waals surface area (Å²) in [4.78, 5) is 29.7. The van der Waals surface area contributed by atoms with E-state index in [0.717, 1.165) is 12.2 Å². The van der Waals surface area contributed by atoms with Crippen LogP contribution in [-0.2, 0) is 17.7 Å². The zero-order valence-electron chi connectivity index (χ0n) is 12.4. The third-order valence-electron chi connectivity index (χ3n) is 3.35. The molecule has 0 fully saturated rings. The minimum absolute atomic E-state index is 0.123. The van der Waals surface area contributed by atoms with Crippen LogP contribution in [0.4, 0.5) is 0 Å². The van der Waals surface area contributed by atoms with Gasteiger partial charge in [0.15, 0.2) is 0 Å². The summed E-state index contributed by atoms with van der Waals surface area (Å²) in [7, 11) is 1.59. The van der Waals surface area contributed by atoms with Gasteiger partial charge in [0.2, 0.25) is 0 Å². The maximum absolute atomic E-state index is 12.7. The SMILES string of the molecule is CCCc1nc2sc(C(N)=O)c(C)c2c(=O)n1CCOC. The maximum Gasteiger partial charge on any atom is 0.262 e. The third kappa shape index (κ3) is 2.84. The average Bonchev–Trinajstić information content (AvgIpc) is 2.76. The second kappa shape index (κ2) is 6.36. The molecule has 6 nitrogen and oxygen atoms in total. The Bertz CT molecular complexity index is 733. The highest BCUT2D eigenvalue weighted by atomic mass is 32.1. The first-order valence-corrected chi connectivity index (χ1v) is 7.64. The number of rotatable bonds is 6. The first-order valence-electron chi connectivity index (χ1n) is 6.82. The highest BCUT2D eigenvalue weighted by Gasteiger charge is 2.19. The lowest BCUT2D eigenvalue weighted by Crippen LogP contribution is -2.27. The van der Waals surface area contributed by atoms with E-state index in [9.17, 15) is 9.59 Å². The zero-order valence-corrected chi connectivity index (χ0v) is 13.2. The smallest absolute Gasteiger partial charge is 0.262 e. The molecular weight excluding hydrogens is 290 g/mol. The first kappa shape index (κ1) is 15.7. The van der Waals surface area contributed by atoms with Gasteiger partial charge in [-0.2, -0.15) is 0 Å². The number of aromatic nitrogens is 2. The summed E-state index contributed by atoms with van der Waals surface area (Å²) < 4.78 is 6.70. The first-order chi connectivity index (χ1) is 10.0. The Labute approximate surface area is 126 Å². The quantitative estimate of drug-likeness (QED) is 0.875. The summed E-state index contributed by atoms with van der Waals surface area (Å²) >= 11 is 1.19. The van der Waals surface area contributed by atoms with Gasteiger partial charge in [-0.3, -0.25) is 14.2 Å². The number of carbonyl (C=O) groups is 1. The molecule has 0 saturated heterocycles. The van der Waals surface area contributed by atoms with Crippen molar-refractivity contribution in [3.05, 3.63) is 26.6 Å². The van der Waals surface area contributed by atoms with E-state index >= 15 is 0 Å². The molecular formula is C14H19N3O3S. The average molecular weight is 309 g/mol. The van der Waals surface area contributed by atoms with Crippen LogP contribution in [0.15, 0.2) is 4.79 Å². The number of amides is 1. The van der Waals surface area contributed by atoms with Gasteiger partial charge in [0.25, 0.3) is 11.5 Å². The van der Waals surface area contributed by atoms with Gasteiger partial charge < -0.3 is 10.5 Å². The monoisotopic (exact) mass is 309 g/mol. The molecule has 0 atom stereocenters. The van der Waals surface area contributed by atoms with Crippen LogP contribution >= 0.6 is 11.3 Å². The Kier molecular flexibility index (Phi) is 4.74. The van der Waals surface area contributed by atoms with Crippen molar-refractivity contribution in [2.45, 2.75) is 33.2 Å². The highest BCUT2D eigenvalue weighted by Crippen LogP contribution is 2.27. The Hall–Kier alpha value is -1.73. The van der Waals surface area contributed by atoms with Gasteiger partial charge in [0.1, 0.15) is 10.7 Å². The molecule has 0 spiro atoms. The molecule has 2 aromatic heterocycles. The number of aryl methyl sites for hydroxylation is 2. The lowest BCUT2D eigenvalue weighted by Gasteiger charge is -2.11. The van der Waals surface area contributed by atoms with E-state index in [1.807, 2.05) is 6.92 Å². The maximum atomic E-state index is 12.7. The second-order valence-electron chi connectivity index (χ2n) is 4.83. The molecule has 21 heavy (non-hydrogen) atoms. The second-order valence-corrected chi connectivity index (χ2v) is 5.83. The predicted molar refractivity (Wildman–Crippen MR) is 83.0 cm³/mol. The van der Waals surface area contributed by atoms with Crippen LogP contribution in [-0.4, -0.2) is 29.2 Å². The van der Waals surface area contributed by atoms with Crippen LogP contribution in [0.2, 0.25) is 0 Å². The van der Waals surface area contributed by atoms with Crippen molar-refractivity contribution in [3.8, 4) is 0 Å². The molecule has 2 aromatic rings. The molecule has 0 unspecified atom stereocenters. The van der Waals surface area contributed by atoms with E-state index in [2.05, 4.69) is 4.98 Å². The highest BCUT2D eigenvalue weighted by molar-refractivity contribution is 7.20. The Morgan fingerprint density at radius 2 is 2.19 bits per heavy atom. The third-order valence-corrected chi connectivity index (χ3v) is 4.55. The van der Waals surface area contributed by atoms with Crippen molar-refractivity contribution in [2.75, 3.05) is 13.7 Å². The predicted octanol–water partition coefficient (Wildman–Crippen LogP) is 1.46. The molecule has 1 amide bonds. The Morgan fingerprint density at radius 3 is 2.76 bits per heavy atom. The van der Waals surface area contributed by atoms with Gasteiger partial charge in [-0.15, -0.1) is 11.3 Å². The standard InChI is InChI=1S/C14H19N3O3S/c1-4-5-9-16-13-10(8(2)11(21-13)12(15)18)14(19)17(9)6-7-20-3/h4-7H2,1-3H3,(H2,15,18). The molecule has 0 aromatic carbocycles. The zero-order chi connectivity index (χ0) is 15.6. The van der Waals surface area contributed by atoms with Gasteiger partial charge in [-0.25, -0.2) is 4.98 Å². The number of hydrogen-bond donors (Lipinski definition) is 1. The van der Waals surface area contributed by atoms with Crippen molar-refractivity contribution >= 4 is 27.5 Å². The van der Waals surface area contributed by atoms with Crippen molar-refractivity contribution in [1.82, 2.24) is 9.55 Å². The van der Waals surface area contributed by atoms with Gasteiger partial charge in [0, 0.05) is 13.5 Å². The Balaban J connectivity index is 2.72. The van der Waals surface area contributed by atoms with Crippen molar-refractivity contribution in [1.29, 1.82) is 0 Å². The van der Waals surface area contributed by atoms with Crippen molar-refractivity contribution in [3.63, 3.8) is 0 Å². The summed E-state index contributed by atoms with van der Waals surface area (Å²) in [6.45, 7) is 4.66. The number of nitrogens with two attached hydrogens (primary N) is 1. The van der Waals surface area contributed by atoms with Crippen LogP contribution in [0.1, 0.15) is 34.4 Å². The van der Waals surface area contributed by atoms with Gasteiger partial charge in [-0.05, 0) is 18.9 Å². The minimum Gasteiger partial charge on any atom is -0.383 e. The van der Waals surface area contributed by atoms with E-state index in [1.165, 1.54) is 11.3 Å². The summed E-state index contributed by atoms with van der Waals surface area (Å²) in [5, 5.41) is 0.491. The Morgan fingerprint density at radius 1 is 1.48 bits per heavy atom. The van der Waals surface area contributed by atoms with Crippen LogP contribution < -0.4 is 11.3 Å². The molecule has 0 aliphatic heterocycles. The molecule has 2 rings (SSSR count). The molecule has 0 aliphatic rings. The molecule has 0 radical (unpaired) electrons. The van der Waals surface area contributed by atoms with Crippen LogP contribution in [0.3, 0.4) is 0 Å². The summed E-state index contributed by atoms with van der Waals surface area (Å²) in [6, 6.07) is 0. The fourth-order valence-corrected chi connectivity index (χ4v) is 3.36. The summed E-state index contributed by atoms with van der Waals surface area (Å²) in [5.74, 6) is 0.208. The van der Waals surface area contributed by atoms with E-state index in [4.69, 9.17) is 10.5 Å². The van der Waals surface area contributed by atoms with E-state index in [1.54, 1.807) is 18.6 Å². The number of fused-ring (bicyclic) bond motifs is 1. The molecule has 114 valence electrons. The molecule has 0 saturated carbocycles. The lowest BCUT2D eigenvalue weighted by atomic mass is 10.2. The number of primary amides is 1. The molecule has 0 aliphatic carbocycles. The normalized spacial score (nSPS) is 11.2. The number of nitrogens with zero attached hydrogens (tertiary/aromatic N) is 2. The van der Waals surface area contributed by atoms with E-state index < -0.39 is 5.91 Å². The molecule has 0 bridgehead atoms.